The Labute approximate surface area is 161 Å². The molecule has 6 nitrogen and oxygen atoms in total. The highest BCUT2D eigenvalue weighted by Crippen LogP contribution is 2.22. The van der Waals surface area contributed by atoms with E-state index in [1.54, 1.807) is 10.8 Å². The summed E-state index contributed by atoms with van der Waals surface area (Å²) >= 11 is 0. The Morgan fingerprint density at radius 3 is 2.61 bits per heavy atom. The molecule has 138 valence electrons. The van der Waals surface area contributed by atoms with Gasteiger partial charge in [0.15, 0.2) is 5.82 Å². The lowest BCUT2D eigenvalue weighted by Crippen LogP contribution is -2.44. The lowest BCUT2D eigenvalue weighted by atomic mass is 10.1. The van der Waals surface area contributed by atoms with Gasteiger partial charge in [0.1, 0.15) is 11.8 Å². The molecule has 3 heterocycles. The molecular weight excluding hydrogens is 350 g/mol. The van der Waals surface area contributed by atoms with E-state index >= 15 is 0 Å². The monoisotopic (exact) mass is 369 g/mol. The number of anilines is 1. The van der Waals surface area contributed by atoms with Crippen LogP contribution in [0.5, 0.6) is 0 Å². The first kappa shape index (κ1) is 17.6. The van der Waals surface area contributed by atoms with Gasteiger partial charge in [-0.2, -0.15) is 0 Å². The highest BCUT2D eigenvalue weighted by molar-refractivity contribution is 5.84. The molecule has 0 bridgehead atoms. The lowest BCUT2D eigenvalue weighted by molar-refractivity contribution is 0.761. The van der Waals surface area contributed by atoms with Crippen LogP contribution in [0.4, 0.5) is 5.82 Å². The molecule has 1 unspecified atom stereocenters. The van der Waals surface area contributed by atoms with E-state index in [9.17, 15) is 4.79 Å². The van der Waals surface area contributed by atoms with Crippen molar-refractivity contribution >= 4 is 30.0 Å². The molecule has 28 heavy (non-hydrogen) atoms. The molecule has 4 rings (SSSR count). The van der Waals surface area contributed by atoms with Crippen LogP contribution in [0.25, 0.3) is 29.9 Å². The fourth-order valence-corrected chi connectivity index (χ4v) is 3.16. The van der Waals surface area contributed by atoms with Crippen LogP contribution in [0.1, 0.15) is 18.7 Å². The molecule has 0 aliphatic carbocycles. The van der Waals surface area contributed by atoms with Crippen molar-refractivity contribution in [2.45, 2.75) is 13.0 Å². The number of aromatic nitrogens is 4. The molecule has 0 saturated heterocycles. The smallest absolute Gasteiger partial charge is 0.262 e. The van der Waals surface area contributed by atoms with Crippen LogP contribution >= 0.6 is 0 Å². The largest absolute Gasteiger partial charge is 0.360 e. The summed E-state index contributed by atoms with van der Waals surface area (Å²) in [6.45, 7) is 9.82. The first-order chi connectivity index (χ1) is 13.6. The summed E-state index contributed by atoms with van der Waals surface area (Å²) in [6, 6.07) is 14.8. The van der Waals surface area contributed by atoms with Gasteiger partial charge in [-0.15, -0.1) is 0 Å². The predicted octanol–water partition coefficient (Wildman–Crippen LogP) is 2.17. The van der Waals surface area contributed by atoms with E-state index in [4.69, 9.17) is 0 Å². The van der Waals surface area contributed by atoms with E-state index in [-0.39, 0.29) is 11.6 Å². The summed E-state index contributed by atoms with van der Waals surface area (Å²) in [5.41, 5.74) is 2.77. The second kappa shape index (κ2) is 7.08. The number of rotatable bonds is 4. The number of nitrogens with zero attached hydrogens (tertiary/aromatic N) is 4. The van der Waals surface area contributed by atoms with E-state index in [0.29, 0.717) is 21.8 Å². The molecule has 0 fully saturated rings. The Morgan fingerprint density at radius 1 is 1.04 bits per heavy atom. The molecule has 0 radical (unpaired) electrons. The normalized spacial score (nSPS) is 12.0. The van der Waals surface area contributed by atoms with Gasteiger partial charge >= 0.3 is 0 Å². The zero-order valence-corrected chi connectivity index (χ0v) is 15.5. The SMILES string of the molecule is C=c1cc(C(C)Nc2ncnc3cccnc23)n(-c2ccccc2)c(=O)c1=C. The molecule has 0 amide bonds. The van der Waals surface area contributed by atoms with Gasteiger partial charge in [0.25, 0.3) is 5.56 Å². The van der Waals surface area contributed by atoms with Crippen LogP contribution in [-0.2, 0) is 0 Å². The maximum absolute atomic E-state index is 13.0. The van der Waals surface area contributed by atoms with Crippen molar-refractivity contribution in [1.29, 1.82) is 0 Å². The van der Waals surface area contributed by atoms with Gasteiger partial charge in [0.05, 0.1) is 11.6 Å². The number of fused-ring (bicyclic) bond motifs is 1. The van der Waals surface area contributed by atoms with Crippen molar-refractivity contribution in [1.82, 2.24) is 19.5 Å². The molecule has 6 heteroatoms. The van der Waals surface area contributed by atoms with Crippen LogP contribution in [0.15, 0.2) is 65.8 Å². The number of hydrogen-bond acceptors (Lipinski definition) is 5. The summed E-state index contributed by atoms with van der Waals surface area (Å²) in [5, 5.41) is 4.35. The number of nitrogens with one attached hydrogen (secondary N) is 1. The van der Waals surface area contributed by atoms with Gasteiger partial charge in [-0.3, -0.25) is 14.3 Å². The molecule has 0 aliphatic heterocycles. The number of hydrogen-bond donors (Lipinski definition) is 1. The molecule has 3 aromatic heterocycles. The van der Waals surface area contributed by atoms with Crippen molar-refractivity contribution < 1.29 is 0 Å². The third-order valence-electron chi connectivity index (χ3n) is 4.63. The van der Waals surface area contributed by atoms with Crippen LogP contribution in [0.3, 0.4) is 0 Å². The van der Waals surface area contributed by atoms with Gasteiger partial charge in [0.2, 0.25) is 0 Å². The summed E-state index contributed by atoms with van der Waals surface area (Å²) in [5.74, 6) is 0.606. The molecular formula is C22H19N5O. The third-order valence-corrected chi connectivity index (χ3v) is 4.63. The topological polar surface area (TPSA) is 72.7 Å². The van der Waals surface area contributed by atoms with Crippen molar-refractivity contribution in [3.8, 4) is 5.69 Å². The van der Waals surface area contributed by atoms with Crippen molar-refractivity contribution in [3.05, 3.63) is 87.5 Å². The molecule has 0 aliphatic rings. The van der Waals surface area contributed by atoms with E-state index in [1.807, 2.05) is 55.5 Å². The number of pyridine rings is 2. The van der Waals surface area contributed by atoms with Gasteiger partial charge < -0.3 is 5.32 Å². The Bertz CT molecular complexity index is 1310. The van der Waals surface area contributed by atoms with Crippen LogP contribution < -0.4 is 21.3 Å². The van der Waals surface area contributed by atoms with Crippen molar-refractivity contribution in [3.63, 3.8) is 0 Å². The zero-order chi connectivity index (χ0) is 19.7. The average Bonchev–Trinajstić information content (AvgIpc) is 2.72. The van der Waals surface area contributed by atoms with Crippen molar-refractivity contribution in [2.24, 2.45) is 0 Å². The minimum atomic E-state index is -0.242. The van der Waals surface area contributed by atoms with Crippen LogP contribution in [0.2, 0.25) is 0 Å². The van der Waals surface area contributed by atoms with Gasteiger partial charge in [0, 0.05) is 22.8 Å². The number of para-hydroxylation sites is 1. The predicted molar refractivity (Wildman–Crippen MR) is 112 cm³/mol. The fraction of sp³-hybridized carbons (Fsp3) is 0.0909. The second-order valence-corrected chi connectivity index (χ2v) is 6.51. The van der Waals surface area contributed by atoms with E-state index in [1.165, 1.54) is 6.33 Å². The first-order valence-corrected chi connectivity index (χ1v) is 8.88. The summed E-state index contributed by atoms with van der Waals surface area (Å²) in [6.07, 6.45) is 3.20. The second-order valence-electron chi connectivity index (χ2n) is 6.51. The number of benzene rings is 1. The van der Waals surface area contributed by atoms with E-state index in [0.717, 1.165) is 16.9 Å². The Morgan fingerprint density at radius 2 is 1.82 bits per heavy atom. The Hall–Kier alpha value is -3.80. The Balaban J connectivity index is 1.86. The summed E-state index contributed by atoms with van der Waals surface area (Å²) in [4.78, 5) is 25.9. The molecule has 0 saturated carbocycles. The summed E-state index contributed by atoms with van der Waals surface area (Å²) in [7, 11) is 0. The quantitative estimate of drug-likeness (QED) is 0.597. The third kappa shape index (κ3) is 3.05. The summed E-state index contributed by atoms with van der Waals surface area (Å²) < 4.78 is 1.66. The van der Waals surface area contributed by atoms with Gasteiger partial charge in [-0.05, 0) is 42.5 Å². The average molecular weight is 369 g/mol. The molecule has 1 aromatic carbocycles. The minimum Gasteiger partial charge on any atom is -0.360 e. The molecule has 4 aromatic rings. The first-order valence-electron chi connectivity index (χ1n) is 8.88. The van der Waals surface area contributed by atoms with Crippen LogP contribution in [0, 0.1) is 0 Å². The van der Waals surface area contributed by atoms with E-state index in [2.05, 4.69) is 33.4 Å². The maximum Gasteiger partial charge on any atom is 0.262 e. The zero-order valence-electron chi connectivity index (χ0n) is 15.5. The molecule has 1 N–H and O–H groups in total. The van der Waals surface area contributed by atoms with Gasteiger partial charge in [-0.1, -0.05) is 31.4 Å². The molecule has 0 spiro atoms. The van der Waals surface area contributed by atoms with E-state index < -0.39 is 0 Å². The highest BCUT2D eigenvalue weighted by atomic mass is 16.1. The Kier molecular flexibility index (Phi) is 4.45. The minimum absolute atomic E-state index is 0.187. The maximum atomic E-state index is 13.0. The standard InChI is InChI=1S/C22H19N5O/c1-14-12-19(27(22(28)15(14)2)17-8-5-4-6-9-17)16(3)26-21-20-18(24-13-25-21)10-7-11-23-20/h4-13,16H,1-2H2,3H3,(H,24,25,26). The van der Waals surface area contributed by atoms with Crippen LogP contribution in [-0.4, -0.2) is 19.5 Å². The fourth-order valence-electron chi connectivity index (χ4n) is 3.16. The molecule has 1 atom stereocenters. The highest BCUT2D eigenvalue weighted by Gasteiger charge is 2.16. The lowest BCUT2D eigenvalue weighted by Gasteiger charge is -2.21. The van der Waals surface area contributed by atoms with Gasteiger partial charge in [-0.25, -0.2) is 9.97 Å². The van der Waals surface area contributed by atoms with Crippen molar-refractivity contribution in [2.75, 3.05) is 5.32 Å².